The highest BCUT2D eigenvalue weighted by molar-refractivity contribution is 7.21. The molecule has 152 valence electrons. The van der Waals surface area contributed by atoms with Gasteiger partial charge in [-0.25, -0.2) is 0 Å². The van der Waals surface area contributed by atoms with Crippen molar-refractivity contribution in [1.29, 1.82) is 0 Å². The lowest BCUT2D eigenvalue weighted by Crippen LogP contribution is -2.13. The maximum Gasteiger partial charge on any atom is 0.267 e. The minimum absolute atomic E-state index is 0.0501. The van der Waals surface area contributed by atoms with Gasteiger partial charge in [0.2, 0.25) is 5.78 Å². The zero-order valence-electron chi connectivity index (χ0n) is 15.8. The molecule has 0 radical (unpaired) electrons. The van der Waals surface area contributed by atoms with Gasteiger partial charge in [0.15, 0.2) is 5.76 Å². The van der Waals surface area contributed by atoms with E-state index in [1.165, 1.54) is 11.3 Å². The van der Waals surface area contributed by atoms with E-state index in [0.29, 0.717) is 37.1 Å². The summed E-state index contributed by atoms with van der Waals surface area (Å²) in [6.45, 7) is 0. The van der Waals surface area contributed by atoms with Gasteiger partial charge in [0.25, 0.3) is 5.91 Å². The molecule has 0 unspecified atom stereocenters. The molecule has 5 aromatic rings. The third-order valence-corrected chi connectivity index (χ3v) is 6.81. The Hall–Kier alpha value is -3.12. The van der Waals surface area contributed by atoms with Crippen LogP contribution < -0.4 is 5.32 Å². The normalized spacial score (nSPS) is 11.2. The first-order valence-corrected chi connectivity index (χ1v) is 10.9. The van der Waals surface area contributed by atoms with Gasteiger partial charge >= 0.3 is 0 Å². The Morgan fingerprint density at radius 2 is 1.52 bits per heavy atom. The Morgan fingerprint density at radius 1 is 0.839 bits per heavy atom. The highest BCUT2D eigenvalue weighted by atomic mass is 35.5. The summed E-state index contributed by atoms with van der Waals surface area (Å²) in [5, 5.41) is 5.21. The Labute approximate surface area is 191 Å². The molecule has 5 rings (SSSR count). The summed E-state index contributed by atoms with van der Waals surface area (Å²) in [6, 6.07) is 21.2. The fourth-order valence-electron chi connectivity index (χ4n) is 3.39. The molecule has 4 nitrogen and oxygen atoms in total. The Balaban J connectivity index is 1.59. The second-order valence-electron chi connectivity index (χ2n) is 6.83. The molecule has 0 spiro atoms. The molecule has 0 aliphatic rings. The molecule has 0 saturated heterocycles. The van der Waals surface area contributed by atoms with Gasteiger partial charge in [-0.2, -0.15) is 0 Å². The minimum Gasteiger partial charge on any atom is -0.450 e. The number of thiophene rings is 1. The van der Waals surface area contributed by atoms with Crippen LogP contribution in [0.4, 0.5) is 5.69 Å². The van der Waals surface area contributed by atoms with Crippen LogP contribution in [0.1, 0.15) is 25.8 Å². The van der Waals surface area contributed by atoms with Crippen molar-refractivity contribution in [3.05, 3.63) is 99.0 Å². The lowest BCUT2D eigenvalue weighted by Gasteiger charge is -2.05. The van der Waals surface area contributed by atoms with Gasteiger partial charge in [-0.05, 0) is 42.5 Å². The topological polar surface area (TPSA) is 59.3 Å². The van der Waals surface area contributed by atoms with Crippen LogP contribution in [0.3, 0.4) is 0 Å². The first-order chi connectivity index (χ1) is 15.0. The summed E-state index contributed by atoms with van der Waals surface area (Å²) in [5.74, 6) is -0.706. The number of nitrogens with one attached hydrogen (secondary N) is 1. The van der Waals surface area contributed by atoms with Crippen molar-refractivity contribution in [3.8, 4) is 0 Å². The number of rotatable bonds is 4. The lowest BCUT2D eigenvalue weighted by molar-refractivity contribution is 0.101. The number of hydrogen-bond donors (Lipinski definition) is 1. The molecular weight excluding hydrogens is 453 g/mol. The van der Waals surface area contributed by atoms with Crippen molar-refractivity contribution in [2.75, 3.05) is 5.32 Å². The Kier molecular flexibility index (Phi) is 5.02. The van der Waals surface area contributed by atoms with Gasteiger partial charge in [-0.3, -0.25) is 9.59 Å². The van der Waals surface area contributed by atoms with E-state index < -0.39 is 5.91 Å². The van der Waals surface area contributed by atoms with Crippen LogP contribution in [0.2, 0.25) is 10.0 Å². The third-order valence-electron chi connectivity index (χ3n) is 4.89. The van der Waals surface area contributed by atoms with E-state index in [9.17, 15) is 9.59 Å². The van der Waals surface area contributed by atoms with E-state index in [4.69, 9.17) is 27.6 Å². The second-order valence-corrected chi connectivity index (χ2v) is 8.70. The number of benzene rings is 3. The van der Waals surface area contributed by atoms with Crippen molar-refractivity contribution in [1.82, 2.24) is 0 Å². The maximum absolute atomic E-state index is 13.2. The molecule has 0 bridgehead atoms. The predicted octanol–water partition coefficient (Wildman–Crippen LogP) is 7.44. The fraction of sp³-hybridized carbons (Fsp3) is 0. The number of carbonyl (C=O) groups is 2. The highest BCUT2D eigenvalue weighted by Crippen LogP contribution is 2.37. The van der Waals surface area contributed by atoms with E-state index in [1.807, 2.05) is 30.3 Å². The molecule has 1 N–H and O–H groups in total. The number of carbonyl (C=O) groups excluding carboxylic acids is 2. The number of para-hydroxylation sites is 1. The molecule has 0 fully saturated rings. The van der Waals surface area contributed by atoms with Gasteiger partial charge in [-0.1, -0.05) is 53.5 Å². The average Bonchev–Trinajstić information content (AvgIpc) is 3.32. The number of amides is 1. The lowest BCUT2D eigenvalue weighted by atomic mass is 10.1. The molecule has 2 aromatic heterocycles. The Morgan fingerprint density at radius 3 is 2.26 bits per heavy atom. The van der Waals surface area contributed by atoms with Crippen LogP contribution in [-0.2, 0) is 0 Å². The van der Waals surface area contributed by atoms with Crippen molar-refractivity contribution in [3.63, 3.8) is 0 Å². The quantitative estimate of drug-likeness (QED) is 0.280. The standard InChI is InChI=1S/C24H13Cl2NO3S/c25-14-11-9-13(10-12-14)21(28)22-20(15-5-1-3-7-17(15)30-22)27-24(29)23-19(26)16-6-2-4-8-18(16)31-23/h1-12H,(H,27,29). The molecule has 0 aliphatic carbocycles. The van der Waals surface area contributed by atoms with Crippen LogP contribution in [0.15, 0.2) is 77.2 Å². The molecular formula is C24H13Cl2NO3S. The van der Waals surface area contributed by atoms with E-state index in [0.717, 1.165) is 10.1 Å². The molecule has 7 heteroatoms. The average molecular weight is 466 g/mol. The van der Waals surface area contributed by atoms with Crippen LogP contribution in [0.5, 0.6) is 0 Å². The number of furan rings is 1. The van der Waals surface area contributed by atoms with Gasteiger partial charge in [0.05, 0.1) is 10.7 Å². The van der Waals surface area contributed by atoms with Gasteiger partial charge in [0.1, 0.15) is 10.5 Å². The van der Waals surface area contributed by atoms with E-state index in [2.05, 4.69) is 5.32 Å². The fourth-order valence-corrected chi connectivity index (χ4v) is 4.93. The first-order valence-electron chi connectivity index (χ1n) is 9.33. The van der Waals surface area contributed by atoms with Crippen molar-refractivity contribution in [2.45, 2.75) is 0 Å². The van der Waals surface area contributed by atoms with Gasteiger partial charge < -0.3 is 9.73 Å². The highest BCUT2D eigenvalue weighted by Gasteiger charge is 2.25. The van der Waals surface area contributed by atoms with Gasteiger partial charge in [0, 0.05) is 26.1 Å². The molecule has 0 atom stereocenters. The van der Waals surface area contributed by atoms with Crippen molar-refractivity contribution >= 4 is 73.0 Å². The van der Waals surface area contributed by atoms with Crippen LogP contribution >= 0.6 is 34.5 Å². The van der Waals surface area contributed by atoms with E-state index >= 15 is 0 Å². The zero-order chi connectivity index (χ0) is 21.5. The van der Waals surface area contributed by atoms with Crippen LogP contribution in [0.25, 0.3) is 21.1 Å². The summed E-state index contributed by atoms with van der Waals surface area (Å²) >= 11 is 13.7. The van der Waals surface area contributed by atoms with Crippen molar-refractivity contribution in [2.24, 2.45) is 0 Å². The summed E-state index contributed by atoms with van der Waals surface area (Å²) in [5.41, 5.74) is 1.21. The first kappa shape index (κ1) is 19.8. The monoisotopic (exact) mass is 465 g/mol. The molecule has 3 aromatic carbocycles. The predicted molar refractivity (Wildman–Crippen MR) is 126 cm³/mol. The second kappa shape index (κ2) is 7.85. The number of fused-ring (bicyclic) bond motifs is 2. The number of halogens is 2. The minimum atomic E-state index is -0.400. The molecule has 1 amide bonds. The molecule has 31 heavy (non-hydrogen) atoms. The summed E-state index contributed by atoms with van der Waals surface area (Å²) < 4.78 is 6.75. The summed E-state index contributed by atoms with van der Waals surface area (Å²) in [4.78, 5) is 26.7. The molecule has 2 heterocycles. The van der Waals surface area contributed by atoms with E-state index in [-0.39, 0.29) is 11.5 Å². The van der Waals surface area contributed by atoms with Crippen LogP contribution in [-0.4, -0.2) is 11.7 Å². The molecule has 0 saturated carbocycles. The summed E-state index contributed by atoms with van der Waals surface area (Å²) in [7, 11) is 0. The largest absolute Gasteiger partial charge is 0.450 e. The SMILES string of the molecule is O=C(c1ccc(Cl)cc1)c1oc2ccccc2c1NC(=O)c1sc2ccccc2c1Cl. The third kappa shape index (κ3) is 3.51. The van der Waals surface area contributed by atoms with Gasteiger partial charge in [-0.15, -0.1) is 11.3 Å². The van der Waals surface area contributed by atoms with E-state index in [1.54, 1.807) is 42.5 Å². The number of anilines is 1. The Bertz CT molecular complexity index is 1470. The number of ketones is 1. The smallest absolute Gasteiger partial charge is 0.267 e. The number of hydrogen-bond acceptors (Lipinski definition) is 4. The zero-order valence-corrected chi connectivity index (χ0v) is 18.1. The van der Waals surface area contributed by atoms with Crippen molar-refractivity contribution < 1.29 is 14.0 Å². The van der Waals surface area contributed by atoms with Crippen LogP contribution in [0, 0.1) is 0 Å². The maximum atomic E-state index is 13.2. The molecule has 0 aliphatic heterocycles. The summed E-state index contributed by atoms with van der Waals surface area (Å²) in [6.07, 6.45) is 0.